The SMILES string of the molecule is CC(C)NCCC(C)(N)CCCCB(O)O. The topological polar surface area (TPSA) is 78.5 Å². The van der Waals surface area contributed by atoms with Gasteiger partial charge < -0.3 is 21.1 Å². The summed E-state index contributed by atoms with van der Waals surface area (Å²) in [5.74, 6) is 0. The average molecular weight is 230 g/mol. The van der Waals surface area contributed by atoms with E-state index in [1.54, 1.807) is 0 Å². The van der Waals surface area contributed by atoms with E-state index < -0.39 is 7.12 Å². The molecule has 0 heterocycles. The van der Waals surface area contributed by atoms with Gasteiger partial charge in [0, 0.05) is 11.6 Å². The highest BCUT2D eigenvalue weighted by atomic mass is 16.4. The lowest BCUT2D eigenvalue weighted by molar-refractivity contribution is 0.364. The third kappa shape index (κ3) is 10.4. The summed E-state index contributed by atoms with van der Waals surface area (Å²) in [4.78, 5) is 0. The summed E-state index contributed by atoms with van der Waals surface area (Å²) in [6.45, 7) is 7.24. The molecule has 0 amide bonds. The Labute approximate surface area is 99.8 Å². The average Bonchev–Trinajstić information content (AvgIpc) is 2.11. The molecule has 4 nitrogen and oxygen atoms in total. The largest absolute Gasteiger partial charge is 0.451 e. The van der Waals surface area contributed by atoms with Crippen molar-refractivity contribution in [3.05, 3.63) is 0 Å². The Morgan fingerprint density at radius 2 is 1.88 bits per heavy atom. The zero-order valence-electron chi connectivity index (χ0n) is 10.9. The van der Waals surface area contributed by atoms with Crippen molar-refractivity contribution in [2.24, 2.45) is 5.73 Å². The maximum atomic E-state index is 8.70. The second kappa shape index (κ2) is 8.06. The number of nitrogens with two attached hydrogens (primary N) is 1. The third-order valence-electron chi connectivity index (χ3n) is 2.71. The van der Waals surface area contributed by atoms with Crippen molar-refractivity contribution in [2.75, 3.05) is 6.54 Å². The van der Waals surface area contributed by atoms with Crippen LogP contribution in [0.2, 0.25) is 6.32 Å². The second-order valence-electron chi connectivity index (χ2n) is 5.24. The van der Waals surface area contributed by atoms with Crippen LogP contribution in [0.15, 0.2) is 0 Å². The van der Waals surface area contributed by atoms with Gasteiger partial charge in [-0.1, -0.05) is 26.7 Å². The van der Waals surface area contributed by atoms with Crippen LogP contribution in [0, 0.1) is 0 Å². The normalized spacial score (nSPS) is 15.2. The minimum absolute atomic E-state index is 0.150. The molecule has 0 aromatic carbocycles. The molecule has 0 aliphatic rings. The fraction of sp³-hybridized carbons (Fsp3) is 1.00. The van der Waals surface area contributed by atoms with Crippen molar-refractivity contribution in [3.8, 4) is 0 Å². The molecule has 1 unspecified atom stereocenters. The van der Waals surface area contributed by atoms with Crippen molar-refractivity contribution in [3.63, 3.8) is 0 Å². The third-order valence-corrected chi connectivity index (χ3v) is 2.71. The molecule has 5 heteroatoms. The van der Waals surface area contributed by atoms with Crippen molar-refractivity contribution < 1.29 is 10.0 Å². The fourth-order valence-electron chi connectivity index (χ4n) is 1.63. The maximum absolute atomic E-state index is 8.70. The molecule has 0 aliphatic heterocycles. The number of rotatable bonds is 9. The lowest BCUT2D eigenvalue weighted by atomic mass is 9.82. The van der Waals surface area contributed by atoms with Gasteiger partial charge in [0.15, 0.2) is 0 Å². The van der Waals surface area contributed by atoms with Gasteiger partial charge in [-0.3, -0.25) is 0 Å². The molecule has 0 aromatic rings. The van der Waals surface area contributed by atoms with Gasteiger partial charge in [0.05, 0.1) is 0 Å². The molecule has 0 fully saturated rings. The maximum Gasteiger partial charge on any atom is 0.451 e. The monoisotopic (exact) mass is 230 g/mol. The Hall–Kier alpha value is -0.0951. The fourth-order valence-corrected chi connectivity index (χ4v) is 1.63. The standard InChI is InChI=1S/C11H27BN2O2/c1-10(2)14-9-7-11(3,13)6-4-5-8-12(15)16/h10,14-16H,4-9,13H2,1-3H3. The molecule has 16 heavy (non-hydrogen) atoms. The van der Waals surface area contributed by atoms with E-state index in [9.17, 15) is 0 Å². The van der Waals surface area contributed by atoms with Crippen molar-refractivity contribution >= 4 is 7.12 Å². The predicted molar refractivity (Wildman–Crippen MR) is 69.2 cm³/mol. The first-order valence-corrected chi connectivity index (χ1v) is 6.22. The minimum atomic E-state index is -1.17. The van der Waals surface area contributed by atoms with Gasteiger partial charge in [0.2, 0.25) is 0 Å². The van der Waals surface area contributed by atoms with Crippen LogP contribution in [0.1, 0.15) is 46.5 Å². The van der Waals surface area contributed by atoms with Crippen LogP contribution in [0.4, 0.5) is 0 Å². The van der Waals surface area contributed by atoms with Crippen LogP contribution in [-0.2, 0) is 0 Å². The zero-order chi connectivity index (χ0) is 12.6. The van der Waals surface area contributed by atoms with Crippen molar-refractivity contribution in [1.82, 2.24) is 5.32 Å². The molecule has 0 saturated heterocycles. The lowest BCUT2D eigenvalue weighted by Gasteiger charge is -2.25. The summed E-state index contributed by atoms with van der Waals surface area (Å²) in [5, 5.41) is 20.7. The molecular weight excluding hydrogens is 203 g/mol. The summed E-state index contributed by atoms with van der Waals surface area (Å²) >= 11 is 0. The minimum Gasteiger partial charge on any atom is -0.427 e. The molecule has 0 bridgehead atoms. The number of unbranched alkanes of at least 4 members (excludes halogenated alkanes) is 1. The van der Waals surface area contributed by atoms with Crippen LogP contribution >= 0.6 is 0 Å². The van der Waals surface area contributed by atoms with E-state index in [-0.39, 0.29) is 5.54 Å². The van der Waals surface area contributed by atoms with Gasteiger partial charge in [-0.15, -0.1) is 0 Å². The predicted octanol–water partition coefficient (Wildman–Crippen LogP) is 0.735. The summed E-state index contributed by atoms with van der Waals surface area (Å²) < 4.78 is 0. The molecule has 5 N–H and O–H groups in total. The van der Waals surface area contributed by atoms with E-state index in [0.717, 1.165) is 32.2 Å². The van der Waals surface area contributed by atoms with E-state index in [2.05, 4.69) is 26.1 Å². The molecule has 0 saturated carbocycles. The van der Waals surface area contributed by atoms with Gasteiger partial charge in [-0.25, -0.2) is 0 Å². The second-order valence-corrected chi connectivity index (χ2v) is 5.24. The Kier molecular flexibility index (Phi) is 8.02. The quantitative estimate of drug-likeness (QED) is 0.348. The van der Waals surface area contributed by atoms with Gasteiger partial charge in [-0.2, -0.15) is 0 Å². The van der Waals surface area contributed by atoms with Crippen molar-refractivity contribution in [2.45, 2.75) is 64.4 Å². The Morgan fingerprint density at radius 1 is 1.25 bits per heavy atom. The van der Waals surface area contributed by atoms with Gasteiger partial charge in [-0.05, 0) is 32.6 Å². The lowest BCUT2D eigenvalue weighted by Crippen LogP contribution is -2.40. The zero-order valence-corrected chi connectivity index (χ0v) is 10.9. The van der Waals surface area contributed by atoms with E-state index in [0.29, 0.717) is 12.4 Å². The Morgan fingerprint density at radius 3 is 2.38 bits per heavy atom. The Bertz CT molecular complexity index is 175. The highest BCUT2D eigenvalue weighted by molar-refractivity contribution is 6.40. The Balaban J connectivity index is 3.53. The molecule has 1 atom stereocenters. The van der Waals surface area contributed by atoms with E-state index in [1.807, 2.05) is 0 Å². The first-order valence-electron chi connectivity index (χ1n) is 6.22. The molecule has 0 rings (SSSR count). The molecule has 0 aliphatic carbocycles. The van der Waals surface area contributed by atoms with Crippen LogP contribution in [0.5, 0.6) is 0 Å². The van der Waals surface area contributed by atoms with Gasteiger partial charge in [0.25, 0.3) is 0 Å². The van der Waals surface area contributed by atoms with Gasteiger partial charge >= 0.3 is 7.12 Å². The van der Waals surface area contributed by atoms with E-state index >= 15 is 0 Å². The van der Waals surface area contributed by atoms with Crippen molar-refractivity contribution in [1.29, 1.82) is 0 Å². The highest BCUT2D eigenvalue weighted by Gasteiger charge is 2.17. The van der Waals surface area contributed by atoms with Crippen LogP contribution < -0.4 is 11.1 Å². The summed E-state index contributed by atoms with van der Waals surface area (Å²) in [6.07, 6.45) is 4.10. The smallest absolute Gasteiger partial charge is 0.427 e. The first-order chi connectivity index (χ1) is 7.33. The summed E-state index contributed by atoms with van der Waals surface area (Å²) in [5.41, 5.74) is 6.00. The van der Waals surface area contributed by atoms with Gasteiger partial charge in [0.1, 0.15) is 0 Å². The number of hydrogen-bond acceptors (Lipinski definition) is 4. The van der Waals surface area contributed by atoms with Crippen LogP contribution in [-0.4, -0.2) is 35.3 Å². The number of hydrogen-bond donors (Lipinski definition) is 4. The molecule has 96 valence electrons. The molecule has 0 radical (unpaired) electrons. The van der Waals surface area contributed by atoms with E-state index in [1.165, 1.54) is 0 Å². The molecular formula is C11H27BN2O2. The molecule has 0 aromatic heterocycles. The highest BCUT2D eigenvalue weighted by Crippen LogP contribution is 2.15. The van der Waals surface area contributed by atoms with E-state index in [4.69, 9.17) is 15.8 Å². The number of nitrogens with one attached hydrogen (secondary N) is 1. The van der Waals surface area contributed by atoms with Crippen LogP contribution in [0.3, 0.4) is 0 Å². The first kappa shape index (κ1) is 15.9. The summed E-state index contributed by atoms with van der Waals surface area (Å²) in [7, 11) is -1.17. The summed E-state index contributed by atoms with van der Waals surface area (Å²) in [6, 6.07) is 0.500. The molecule has 0 spiro atoms. The van der Waals surface area contributed by atoms with Crippen LogP contribution in [0.25, 0.3) is 0 Å².